The van der Waals surface area contributed by atoms with Crippen molar-refractivity contribution in [3.05, 3.63) is 23.8 Å². The molecule has 9 heteroatoms. The third-order valence-electron chi connectivity index (χ3n) is 7.28. The summed E-state index contributed by atoms with van der Waals surface area (Å²) in [5, 5.41) is 6.63. The molecule has 0 radical (unpaired) electrons. The predicted molar refractivity (Wildman–Crippen MR) is 142 cm³/mol. The maximum atomic E-state index is 13.6. The van der Waals surface area contributed by atoms with Crippen molar-refractivity contribution in [1.29, 1.82) is 0 Å². The number of carbonyl (C=O) groups is 2. The molecule has 37 heavy (non-hydrogen) atoms. The first-order valence-electron chi connectivity index (χ1n) is 13.6. The Morgan fingerprint density at radius 2 is 1.86 bits per heavy atom. The highest BCUT2D eigenvalue weighted by Crippen LogP contribution is 2.30. The first-order chi connectivity index (χ1) is 17.9. The fourth-order valence-corrected chi connectivity index (χ4v) is 5.05. The summed E-state index contributed by atoms with van der Waals surface area (Å²) in [7, 11) is 3.25. The molecule has 0 bridgehead atoms. The number of methoxy groups -OCH3 is 2. The molecule has 9 nitrogen and oxygen atoms in total. The van der Waals surface area contributed by atoms with Gasteiger partial charge in [0.05, 0.1) is 13.7 Å². The lowest BCUT2D eigenvalue weighted by Crippen LogP contribution is -2.42. The number of amides is 2. The minimum absolute atomic E-state index is 0.0256. The van der Waals surface area contributed by atoms with Crippen molar-refractivity contribution < 1.29 is 28.5 Å². The third kappa shape index (κ3) is 8.86. The second-order valence-corrected chi connectivity index (χ2v) is 10.3. The van der Waals surface area contributed by atoms with Crippen LogP contribution in [0.4, 0.5) is 0 Å². The molecule has 0 aromatic heterocycles. The third-order valence-corrected chi connectivity index (χ3v) is 7.28. The summed E-state index contributed by atoms with van der Waals surface area (Å²) in [6.45, 7) is 8.97. The molecule has 2 atom stereocenters. The molecule has 208 valence electrons. The molecule has 2 heterocycles. The van der Waals surface area contributed by atoms with Gasteiger partial charge in [-0.05, 0) is 76.2 Å². The van der Waals surface area contributed by atoms with Crippen LogP contribution in [0.5, 0.6) is 11.5 Å². The van der Waals surface area contributed by atoms with Crippen molar-refractivity contribution >= 4 is 11.8 Å². The average molecular weight is 520 g/mol. The van der Waals surface area contributed by atoms with Crippen LogP contribution in [0.3, 0.4) is 0 Å². The van der Waals surface area contributed by atoms with Gasteiger partial charge in [0.2, 0.25) is 5.91 Å². The van der Waals surface area contributed by atoms with E-state index in [0.717, 1.165) is 38.8 Å². The number of ether oxygens (including phenoxy) is 4. The molecular weight excluding hydrogens is 474 g/mol. The van der Waals surface area contributed by atoms with E-state index in [1.165, 1.54) is 0 Å². The fourth-order valence-electron chi connectivity index (χ4n) is 5.05. The fraction of sp³-hybridized carbons (Fsp3) is 0.714. The molecule has 2 saturated heterocycles. The summed E-state index contributed by atoms with van der Waals surface area (Å²) < 4.78 is 21.8. The highest BCUT2D eigenvalue weighted by molar-refractivity contribution is 5.95. The molecule has 0 spiro atoms. The van der Waals surface area contributed by atoms with Gasteiger partial charge in [-0.15, -0.1) is 0 Å². The van der Waals surface area contributed by atoms with Gasteiger partial charge in [-0.3, -0.25) is 9.59 Å². The van der Waals surface area contributed by atoms with Crippen LogP contribution in [0, 0.1) is 11.8 Å². The van der Waals surface area contributed by atoms with Gasteiger partial charge in [0.25, 0.3) is 5.91 Å². The molecule has 2 N–H and O–H groups in total. The van der Waals surface area contributed by atoms with Crippen molar-refractivity contribution in [1.82, 2.24) is 15.5 Å². The number of hydrogen-bond acceptors (Lipinski definition) is 7. The number of nitrogens with zero attached hydrogens (tertiary/aromatic N) is 1. The van der Waals surface area contributed by atoms with Gasteiger partial charge in [0.15, 0.2) is 11.5 Å². The molecule has 0 saturated carbocycles. The Morgan fingerprint density at radius 1 is 1.11 bits per heavy atom. The van der Waals surface area contributed by atoms with E-state index in [0.29, 0.717) is 68.3 Å². The molecule has 1 aromatic rings. The van der Waals surface area contributed by atoms with E-state index in [-0.39, 0.29) is 23.9 Å². The van der Waals surface area contributed by atoms with Gasteiger partial charge in [-0.1, -0.05) is 0 Å². The summed E-state index contributed by atoms with van der Waals surface area (Å²) >= 11 is 0. The highest BCUT2D eigenvalue weighted by atomic mass is 16.5. The number of hydrogen-bond donors (Lipinski definition) is 2. The minimum atomic E-state index is -0.0256. The van der Waals surface area contributed by atoms with E-state index in [4.69, 9.17) is 18.9 Å². The molecule has 0 aliphatic carbocycles. The van der Waals surface area contributed by atoms with Crippen LogP contribution < -0.4 is 20.1 Å². The van der Waals surface area contributed by atoms with Crippen molar-refractivity contribution in [3.63, 3.8) is 0 Å². The average Bonchev–Trinajstić information content (AvgIpc) is 3.35. The SMILES string of the molecule is COCCCOc1cc(C(=O)N(C[C@@H]2CNC[C@H]2CCC(=O)NC2CCOCC2)C(C)C)ccc1OC. The van der Waals surface area contributed by atoms with Crippen molar-refractivity contribution in [2.24, 2.45) is 11.8 Å². The second kappa shape index (κ2) is 15.1. The molecular formula is C28H45N3O6. The molecule has 2 amide bonds. The molecule has 2 fully saturated rings. The van der Waals surface area contributed by atoms with Crippen LogP contribution in [0.2, 0.25) is 0 Å². The molecule has 0 unspecified atom stereocenters. The predicted octanol–water partition coefficient (Wildman–Crippen LogP) is 2.87. The van der Waals surface area contributed by atoms with Crippen molar-refractivity contribution in [3.8, 4) is 11.5 Å². The van der Waals surface area contributed by atoms with E-state index in [2.05, 4.69) is 10.6 Å². The smallest absolute Gasteiger partial charge is 0.254 e. The van der Waals surface area contributed by atoms with E-state index in [1.807, 2.05) is 18.7 Å². The van der Waals surface area contributed by atoms with Crippen LogP contribution in [0.15, 0.2) is 18.2 Å². The topological polar surface area (TPSA) is 98.4 Å². The molecule has 1 aromatic carbocycles. The maximum absolute atomic E-state index is 13.6. The van der Waals surface area contributed by atoms with Gasteiger partial charge < -0.3 is 34.5 Å². The zero-order valence-corrected chi connectivity index (χ0v) is 22.9. The van der Waals surface area contributed by atoms with Gasteiger partial charge in [-0.2, -0.15) is 0 Å². The Balaban J connectivity index is 1.59. The van der Waals surface area contributed by atoms with Crippen molar-refractivity contribution in [2.45, 2.75) is 58.0 Å². The van der Waals surface area contributed by atoms with E-state index in [1.54, 1.807) is 32.4 Å². The number of nitrogens with one attached hydrogen (secondary N) is 2. The molecule has 2 aliphatic heterocycles. The lowest BCUT2D eigenvalue weighted by molar-refractivity contribution is -0.122. The number of rotatable bonds is 14. The van der Waals surface area contributed by atoms with Crippen LogP contribution in [0.1, 0.15) is 56.3 Å². The minimum Gasteiger partial charge on any atom is -0.493 e. The van der Waals surface area contributed by atoms with Gasteiger partial charge in [0.1, 0.15) is 0 Å². The first-order valence-corrected chi connectivity index (χ1v) is 13.6. The first kappa shape index (κ1) is 29.2. The monoisotopic (exact) mass is 519 g/mol. The summed E-state index contributed by atoms with van der Waals surface area (Å²) in [4.78, 5) is 28.1. The lowest BCUT2D eigenvalue weighted by Gasteiger charge is -2.32. The van der Waals surface area contributed by atoms with Gasteiger partial charge in [0, 0.05) is 64.0 Å². The van der Waals surface area contributed by atoms with Crippen LogP contribution in [0.25, 0.3) is 0 Å². The maximum Gasteiger partial charge on any atom is 0.254 e. The Morgan fingerprint density at radius 3 is 2.57 bits per heavy atom. The molecule has 2 aliphatic rings. The summed E-state index contributed by atoms with van der Waals surface area (Å²) in [5.74, 6) is 1.90. The van der Waals surface area contributed by atoms with E-state index >= 15 is 0 Å². The Kier molecular flexibility index (Phi) is 12.0. The van der Waals surface area contributed by atoms with Crippen LogP contribution in [-0.2, 0) is 14.3 Å². The van der Waals surface area contributed by atoms with Crippen molar-refractivity contribution in [2.75, 3.05) is 60.3 Å². The van der Waals surface area contributed by atoms with Gasteiger partial charge in [-0.25, -0.2) is 0 Å². The normalized spacial score (nSPS) is 20.1. The molecule has 3 rings (SSSR count). The second-order valence-electron chi connectivity index (χ2n) is 10.3. The number of carbonyl (C=O) groups excluding carboxylic acids is 2. The summed E-state index contributed by atoms with van der Waals surface area (Å²) in [5.41, 5.74) is 0.578. The quantitative estimate of drug-likeness (QED) is 0.365. The van der Waals surface area contributed by atoms with Gasteiger partial charge >= 0.3 is 0 Å². The zero-order valence-electron chi connectivity index (χ0n) is 22.9. The zero-order chi connectivity index (χ0) is 26.6. The highest BCUT2D eigenvalue weighted by Gasteiger charge is 2.32. The largest absolute Gasteiger partial charge is 0.493 e. The Labute approximate surface area is 221 Å². The van der Waals surface area contributed by atoms with E-state index < -0.39 is 0 Å². The van der Waals surface area contributed by atoms with E-state index in [9.17, 15) is 9.59 Å². The Hall–Kier alpha value is -2.36. The Bertz CT molecular complexity index is 858. The number of benzene rings is 1. The summed E-state index contributed by atoms with van der Waals surface area (Å²) in [6.07, 6.45) is 3.85. The standard InChI is InChI=1S/C28H45N3O6/c1-20(2)31(28(33)21-6-8-25(35-4)26(16-21)37-13-5-12-34-3)19-23-18-29-17-22(23)7-9-27(32)30-24-10-14-36-15-11-24/h6,8,16,20,22-24,29H,5,7,9-15,17-19H2,1-4H3,(H,30,32)/t22-,23+/m1/s1. The lowest BCUT2D eigenvalue weighted by atomic mass is 9.90. The van der Waals surface area contributed by atoms with Crippen LogP contribution in [-0.4, -0.2) is 89.1 Å². The summed E-state index contributed by atoms with van der Waals surface area (Å²) in [6, 6.07) is 5.62. The van der Waals surface area contributed by atoms with Crippen LogP contribution >= 0.6 is 0 Å².